The van der Waals surface area contributed by atoms with Crippen molar-refractivity contribution in [1.82, 2.24) is 4.90 Å². The Hall–Kier alpha value is -3.54. The minimum atomic E-state index is -0.727. The zero-order valence-electron chi connectivity index (χ0n) is 19.7. The second-order valence-electron chi connectivity index (χ2n) is 8.18. The lowest BCUT2D eigenvalue weighted by molar-refractivity contribution is -0.139. The molecule has 0 radical (unpaired) electrons. The van der Waals surface area contributed by atoms with Crippen molar-refractivity contribution in [3.8, 4) is 11.5 Å². The Morgan fingerprint density at radius 3 is 2.64 bits per heavy atom. The van der Waals surface area contributed by atoms with E-state index in [0.29, 0.717) is 35.8 Å². The molecule has 6 heteroatoms. The van der Waals surface area contributed by atoms with Crippen LogP contribution in [0.3, 0.4) is 0 Å². The molecule has 6 nitrogen and oxygen atoms in total. The fraction of sp³-hybridized carbons (Fsp3) is 0.333. The van der Waals surface area contributed by atoms with Crippen LogP contribution >= 0.6 is 0 Å². The zero-order valence-corrected chi connectivity index (χ0v) is 19.7. The molecule has 0 spiro atoms. The standard InChI is InChI=1S/C27H31NO5/c1-6-8-12-28-23(19-10-9-11-20(16-19)33-13-7-2)22(25(30)27(28)31)24(29)21-15-17(3)14-18(4)26(21)32-5/h7,9-11,14-16,23,29H,2,6,8,12-13H2,1,3-5H3/b24-22+. The predicted molar refractivity (Wildman–Crippen MR) is 129 cm³/mol. The Morgan fingerprint density at radius 1 is 1.21 bits per heavy atom. The third-order valence-corrected chi connectivity index (χ3v) is 5.71. The maximum absolute atomic E-state index is 13.2. The molecule has 0 aliphatic carbocycles. The molecule has 1 N–H and O–H groups in total. The molecule has 2 aromatic carbocycles. The number of nitrogens with zero attached hydrogens (tertiary/aromatic N) is 1. The zero-order chi connectivity index (χ0) is 24.1. The van der Waals surface area contributed by atoms with Crippen LogP contribution in [0.4, 0.5) is 0 Å². The number of amides is 1. The maximum Gasteiger partial charge on any atom is 0.295 e. The summed E-state index contributed by atoms with van der Waals surface area (Å²) in [6.45, 7) is 10.2. The molecule has 1 amide bonds. The van der Waals surface area contributed by atoms with Crippen LogP contribution in [0.5, 0.6) is 11.5 Å². The number of Topliss-reactive ketones (excluding diaryl/α,β-unsaturated/α-hetero) is 1. The van der Waals surface area contributed by atoms with Crippen LogP contribution in [0.2, 0.25) is 0 Å². The Kier molecular flexibility index (Phi) is 7.59. The highest BCUT2D eigenvalue weighted by Crippen LogP contribution is 2.42. The molecule has 1 aliphatic rings. The first kappa shape index (κ1) is 24.1. The van der Waals surface area contributed by atoms with E-state index in [4.69, 9.17) is 9.47 Å². The minimum Gasteiger partial charge on any atom is -0.507 e. The molecule has 0 aromatic heterocycles. The summed E-state index contributed by atoms with van der Waals surface area (Å²) in [7, 11) is 1.52. The van der Waals surface area contributed by atoms with Crippen molar-refractivity contribution < 1.29 is 24.2 Å². The van der Waals surface area contributed by atoms with Gasteiger partial charge in [-0.1, -0.05) is 44.2 Å². The van der Waals surface area contributed by atoms with Crippen LogP contribution in [0.25, 0.3) is 5.76 Å². The van der Waals surface area contributed by atoms with E-state index in [1.54, 1.807) is 29.2 Å². The van der Waals surface area contributed by atoms with Crippen LogP contribution in [0.15, 0.2) is 54.6 Å². The summed E-state index contributed by atoms with van der Waals surface area (Å²) in [4.78, 5) is 27.8. The Labute approximate surface area is 195 Å². The van der Waals surface area contributed by atoms with Gasteiger partial charge in [0.1, 0.15) is 23.9 Å². The Balaban J connectivity index is 2.23. The largest absolute Gasteiger partial charge is 0.507 e. The van der Waals surface area contributed by atoms with Crippen molar-refractivity contribution in [3.05, 3.63) is 76.9 Å². The molecule has 1 saturated heterocycles. The summed E-state index contributed by atoms with van der Waals surface area (Å²) in [5, 5.41) is 11.4. The molecule has 3 rings (SSSR count). The topological polar surface area (TPSA) is 76.1 Å². The monoisotopic (exact) mass is 449 g/mol. The Bertz CT molecular complexity index is 1100. The lowest BCUT2D eigenvalue weighted by Gasteiger charge is -2.26. The smallest absolute Gasteiger partial charge is 0.295 e. The second-order valence-corrected chi connectivity index (χ2v) is 8.18. The highest BCUT2D eigenvalue weighted by atomic mass is 16.5. The molecule has 1 atom stereocenters. The molecular formula is C27H31NO5. The van der Waals surface area contributed by atoms with E-state index in [-0.39, 0.29) is 11.3 Å². The van der Waals surface area contributed by atoms with E-state index in [0.717, 1.165) is 24.0 Å². The summed E-state index contributed by atoms with van der Waals surface area (Å²) in [5.74, 6) is -0.487. The van der Waals surface area contributed by atoms with Gasteiger partial charge >= 0.3 is 0 Å². The number of methoxy groups -OCH3 is 1. The SMILES string of the molecule is C=CCOc1cccc(C2/C(=C(\O)c3cc(C)cc(C)c3OC)C(=O)C(=O)N2CCCC)c1. The quantitative estimate of drug-likeness (QED) is 0.250. The number of ether oxygens (including phenoxy) is 2. The summed E-state index contributed by atoms with van der Waals surface area (Å²) in [6, 6.07) is 10.2. The summed E-state index contributed by atoms with van der Waals surface area (Å²) in [6.07, 6.45) is 3.25. The lowest BCUT2D eigenvalue weighted by atomic mass is 9.93. The van der Waals surface area contributed by atoms with Gasteiger partial charge in [0.25, 0.3) is 11.7 Å². The van der Waals surface area contributed by atoms with Gasteiger partial charge in [-0.2, -0.15) is 0 Å². The molecule has 33 heavy (non-hydrogen) atoms. The highest BCUT2D eigenvalue weighted by Gasteiger charge is 2.46. The number of ketones is 1. The molecule has 174 valence electrons. The van der Waals surface area contributed by atoms with Gasteiger partial charge in [-0.15, -0.1) is 0 Å². The van der Waals surface area contributed by atoms with Gasteiger partial charge in [0, 0.05) is 6.54 Å². The fourth-order valence-electron chi connectivity index (χ4n) is 4.26. The van der Waals surface area contributed by atoms with Gasteiger partial charge < -0.3 is 19.5 Å². The molecule has 1 unspecified atom stereocenters. The van der Waals surface area contributed by atoms with E-state index >= 15 is 0 Å². The van der Waals surface area contributed by atoms with Gasteiger partial charge in [-0.05, 0) is 55.2 Å². The van der Waals surface area contributed by atoms with Crippen molar-refractivity contribution in [2.75, 3.05) is 20.3 Å². The Morgan fingerprint density at radius 2 is 1.97 bits per heavy atom. The maximum atomic E-state index is 13.2. The number of rotatable bonds is 9. The van der Waals surface area contributed by atoms with Crippen LogP contribution in [-0.2, 0) is 9.59 Å². The number of hydrogen-bond donors (Lipinski definition) is 1. The summed E-state index contributed by atoms with van der Waals surface area (Å²) in [5.41, 5.74) is 2.88. The van der Waals surface area contributed by atoms with Crippen LogP contribution in [-0.4, -0.2) is 42.0 Å². The first-order valence-corrected chi connectivity index (χ1v) is 11.1. The van der Waals surface area contributed by atoms with E-state index < -0.39 is 17.7 Å². The number of likely N-dealkylation sites (tertiary alicyclic amines) is 1. The van der Waals surface area contributed by atoms with Crippen molar-refractivity contribution >= 4 is 17.4 Å². The lowest BCUT2D eigenvalue weighted by Crippen LogP contribution is -2.30. The normalized spacial score (nSPS) is 17.3. The molecule has 1 aliphatic heterocycles. The third kappa shape index (κ3) is 4.80. The van der Waals surface area contributed by atoms with E-state index in [2.05, 4.69) is 6.58 Å². The summed E-state index contributed by atoms with van der Waals surface area (Å²) >= 11 is 0. The van der Waals surface area contributed by atoms with Gasteiger partial charge in [-0.25, -0.2) is 0 Å². The number of carbonyl (C=O) groups is 2. The number of hydrogen-bond acceptors (Lipinski definition) is 5. The van der Waals surface area contributed by atoms with Gasteiger partial charge in [-0.3, -0.25) is 9.59 Å². The molecule has 0 bridgehead atoms. The fourth-order valence-corrected chi connectivity index (χ4v) is 4.26. The molecule has 2 aromatic rings. The van der Waals surface area contributed by atoms with Crippen LogP contribution < -0.4 is 9.47 Å². The van der Waals surface area contributed by atoms with Crippen molar-refractivity contribution in [3.63, 3.8) is 0 Å². The van der Waals surface area contributed by atoms with Crippen molar-refractivity contribution in [2.45, 2.75) is 39.7 Å². The number of unbranched alkanes of at least 4 members (excludes halogenated alkanes) is 1. The van der Waals surface area contributed by atoms with Crippen LogP contribution in [0, 0.1) is 13.8 Å². The second kappa shape index (κ2) is 10.4. The van der Waals surface area contributed by atoms with Gasteiger partial charge in [0.15, 0.2) is 0 Å². The van der Waals surface area contributed by atoms with E-state index in [1.807, 2.05) is 39.0 Å². The summed E-state index contributed by atoms with van der Waals surface area (Å²) < 4.78 is 11.2. The van der Waals surface area contributed by atoms with Crippen molar-refractivity contribution in [2.24, 2.45) is 0 Å². The van der Waals surface area contributed by atoms with E-state index in [9.17, 15) is 14.7 Å². The van der Waals surface area contributed by atoms with Gasteiger partial charge in [0.05, 0.1) is 24.3 Å². The first-order valence-electron chi connectivity index (χ1n) is 11.1. The third-order valence-electron chi connectivity index (χ3n) is 5.71. The van der Waals surface area contributed by atoms with Gasteiger partial charge in [0.2, 0.25) is 0 Å². The molecular weight excluding hydrogens is 418 g/mol. The van der Waals surface area contributed by atoms with E-state index in [1.165, 1.54) is 7.11 Å². The number of aryl methyl sites for hydroxylation is 2. The predicted octanol–water partition coefficient (Wildman–Crippen LogP) is 5.10. The first-order chi connectivity index (χ1) is 15.8. The number of carbonyl (C=O) groups excluding carboxylic acids is 2. The average Bonchev–Trinajstić information content (AvgIpc) is 3.05. The van der Waals surface area contributed by atoms with Crippen molar-refractivity contribution in [1.29, 1.82) is 0 Å². The minimum absolute atomic E-state index is 0.0558. The number of aliphatic hydroxyl groups is 1. The molecule has 1 heterocycles. The van der Waals surface area contributed by atoms with Crippen LogP contribution in [0.1, 0.15) is 48.1 Å². The number of benzene rings is 2. The molecule has 0 saturated carbocycles. The molecule has 1 fully saturated rings. The highest BCUT2D eigenvalue weighted by molar-refractivity contribution is 6.46. The number of aliphatic hydroxyl groups excluding tert-OH is 1. The average molecular weight is 450 g/mol.